The second-order valence-corrected chi connectivity index (χ2v) is 6.98. The largest absolute Gasteiger partial charge is 0.322 e. The number of amides is 3. The maximum atomic E-state index is 12.9. The van der Waals surface area contributed by atoms with Gasteiger partial charge in [0.2, 0.25) is 0 Å². The van der Waals surface area contributed by atoms with E-state index in [1.807, 2.05) is 0 Å². The van der Waals surface area contributed by atoms with Crippen LogP contribution < -0.4 is 16.2 Å². The van der Waals surface area contributed by atoms with Crippen molar-refractivity contribution in [3.05, 3.63) is 99.3 Å². The van der Waals surface area contributed by atoms with Crippen molar-refractivity contribution in [3.63, 3.8) is 0 Å². The number of halogens is 3. The number of hydrogen-bond donors (Lipinski definition) is 3. The summed E-state index contributed by atoms with van der Waals surface area (Å²) in [6.07, 6.45) is 0. The lowest BCUT2D eigenvalue weighted by molar-refractivity contribution is 0.0846. The standard InChI is InChI=1S/C21H14Cl2FN3O3/c22-15-9-14(10-16(23)11-15)19(28)25-18-7-3-13(4-8-18)21(30)27-26-20(29)12-1-5-17(24)6-2-12/h1-11H,(H,25,28)(H,26,29)(H,27,30). The van der Waals surface area contributed by atoms with Gasteiger partial charge in [-0.3, -0.25) is 25.2 Å². The summed E-state index contributed by atoms with van der Waals surface area (Å²) in [6, 6.07) is 15.3. The molecule has 0 radical (unpaired) electrons. The molecular formula is C21H14Cl2FN3O3. The molecule has 3 amide bonds. The highest BCUT2D eigenvalue weighted by Gasteiger charge is 2.11. The van der Waals surface area contributed by atoms with E-state index in [-0.39, 0.29) is 16.7 Å². The summed E-state index contributed by atoms with van der Waals surface area (Å²) in [5.74, 6) is -2.04. The number of hydrazine groups is 1. The van der Waals surface area contributed by atoms with Crippen molar-refractivity contribution < 1.29 is 18.8 Å². The molecule has 9 heteroatoms. The Labute approximate surface area is 181 Å². The molecule has 6 nitrogen and oxygen atoms in total. The van der Waals surface area contributed by atoms with Crippen molar-refractivity contribution in [2.75, 3.05) is 5.32 Å². The first kappa shape index (κ1) is 21.3. The van der Waals surface area contributed by atoms with Crippen LogP contribution in [0.1, 0.15) is 31.1 Å². The normalized spacial score (nSPS) is 10.2. The molecule has 152 valence electrons. The van der Waals surface area contributed by atoms with Gasteiger partial charge in [0, 0.05) is 32.4 Å². The third kappa shape index (κ3) is 5.56. The average Bonchev–Trinajstić information content (AvgIpc) is 2.72. The molecule has 0 fully saturated rings. The highest BCUT2D eigenvalue weighted by Crippen LogP contribution is 2.20. The van der Waals surface area contributed by atoms with Gasteiger partial charge in [-0.15, -0.1) is 0 Å². The van der Waals surface area contributed by atoms with Crippen LogP contribution in [0.25, 0.3) is 0 Å². The predicted octanol–water partition coefficient (Wildman–Crippen LogP) is 4.46. The van der Waals surface area contributed by atoms with E-state index in [1.54, 1.807) is 0 Å². The van der Waals surface area contributed by atoms with Gasteiger partial charge in [-0.1, -0.05) is 23.2 Å². The summed E-state index contributed by atoms with van der Waals surface area (Å²) in [6.45, 7) is 0. The van der Waals surface area contributed by atoms with Crippen molar-refractivity contribution in [2.45, 2.75) is 0 Å². The molecule has 30 heavy (non-hydrogen) atoms. The van der Waals surface area contributed by atoms with Gasteiger partial charge in [0.1, 0.15) is 5.82 Å². The number of anilines is 1. The molecule has 0 saturated heterocycles. The predicted molar refractivity (Wildman–Crippen MR) is 112 cm³/mol. The zero-order valence-electron chi connectivity index (χ0n) is 15.2. The van der Waals surface area contributed by atoms with Crippen LogP contribution in [-0.4, -0.2) is 17.7 Å². The summed E-state index contributed by atoms with van der Waals surface area (Å²) in [7, 11) is 0. The average molecular weight is 446 g/mol. The molecule has 3 rings (SSSR count). The van der Waals surface area contributed by atoms with Crippen LogP contribution in [0.4, 0.5) is 10.1 Å². The summed E-state index contributed by atoms with van der Waals surface area (Å²) in [4.78, 5) is 36.4. The monoisotopic (exact) mass is 445 g/mol. The van der Waals surface area contributed by atoms with E-state index in [4.69, 9.17) is 23.2 Å². The Kier molecular flexibility index (Phi) is 6.66. The molecule has 0 saturated carbocycles. The topological polar surface area (TPSA) is 87.3 Å². The highest BCUT2D eigenvalue weighted by molar-refractivity contribution is 6.35. The van der Waals surface area contributed by atoms with Crippen LogP contribution in [0.15, 0.2) is 66.7 Å². The van der Waals surface area contributed by atoms with Crippen molar-refractivity contribution in [1.29, 1.82) is 0 Å². The van der Waals surface area contributed by atoms with Crippen molar-refractivity contribution in [3.8, 4) is 0 Å². The van der Waals surface area contributed by atoms with E-state index in [2.05, 4.69) is 16.2 Å². The minimum atomic E-state index is -0.590. The molecule has 0 unspecified atom stereocenters. The highest BCUT2D eigenvalue weighted by atomic mass is 35.5. The molecule has 0 atom stereocenters. The van der Waals surface area contributed by atoms with Crippen LogP contribution in [-0.2, 0) is 0 Å². The van der Waals surface area contributed by atoms with E-state index in [1.165, 1.54) is 54.6 Å². The van der Waals surface area contributed by atoms with E-state index >= 15 is 0 Å². The fourth-order valence-electron chi connectivity index (χ4n) is 2.45. The minimum absolute atomic E-state index is 0.191. The van der Waals surface area contributed by atoms with Gasteiger partial charge >= 0.3 is 0 Å². The lowest BCUT2D eigenvalue weighted by Crippen LogP contribution is -2.41. The van der Waals surface area contributed by atoms with Crippen LogP contribution in [0.3, 0.4) is 0 Å². The van der Waals surface area contributed by atoms with Crippen molar-refractivity contribution in [2.24, 2.45) is 0 Å². The SMILES string of the molecule is O=C(NNC(=O)c1ccc(NC(=O)c2cc(Cl)cc(Cl)c2)cc1)c1ccc(F)cc1. The Hall–Kier alpha value is -3.42. The third-order valence-electron chi connectivity index (χ3n) is 3.93. The van der Waals surface area contributed by atoms with Crippen LogP contribution in [0.2, 0.25) is 10.0 Å². The number of nitrogens with one attached hydrogen (secondary N) is 3. The van der Waals surface area contributed by atoms with E-state index in [0.29, 0.717) is 15.7 Å². The van der Waals surface area contributed by atoms with Gasteiger partial charge in [0.25, 0.3) is 17.7 Å². The number of carbonyl (C=O) groups excluding carboxylic acids is 3. The molecule has 3 N–H and O–H groups in total. The molecule has 0 spiro atoms. The number of hydrogen-bond acceptors (Lipinski definition) is 3. The van der Waals surface area contributed by atoms with Crippen LogP contribution in [0.5, 0.6) is 0 Å². The van der Waals surface area contributed by atoms with E-state index in [9.17, 15) is 18.8 Å². The Bertz CT molecular complexity index is 1080. The Morgan fingerprint density at radius 1 is 0.633 bits per heavy atom. The first-order valence-electron chi connectivity index (χ1n) is 8.55. The summed E-state index contributed by atoms with van der Waals surface area (Å²) < 4.78 is 12.9. The molecule has 0 aliphatic rings. The maximum absolute atomic E-state index is 12.9. The summed E-state index contributed by atoms with van der Waals surface area (Å²) >= 11 is 11.8. The molecule has 0 bridgehead atoms. The Morgan fingerprint density at radius 2 is 1.10 bits per heavy atom. The lowest BCUT2D eigenvalue weighted by atomic mass is 10.1. The molecule has 0 aliphatic carbocycles. The van der Waals surface area contributed by atoms with Crippen LogP contribution in [0, 0.1) is 5.82 Å². The summed E-state index contributed by atoms with van der Waals surface area (Å²) in [5, 5.41) is 3.34. The first-order valence-corrected chi connectivity index (χ1v) is 9.31. The number of carbonyl (C=O) groups is 3. The molecule has 0 aromatic heterocycles. The molecule has 3 aromatic rings. The number of rotatable bonds is 4. The number of benzene rings is 3. The zero-order chi connectivity index (χ0) is 21.7. The van der Waals surface area contributed by atoms with Gasteiger partial charge in [-0.05, 0) is 66.7 Å². The second kappa shape index (κ2) is 9.39. The third-order valence-corrected chi connectivity index (χ3v) is 4.36. The van der Waals surface area contributed by atoms with Crippen molar-refractivity contribution in [1.82, 2.24) is 10.9 Å². The fourth-order valence-corrected chi connectivity index (χ4v) is 2.98. The van der Waals surface area contributed by atoms with Crippen LogP contribution >= 0.6 is 23.2 Å². The van der Waals surface area contributed by atoms with Crippen molar-refractivity contribution >= 4 is 46.6 Å². The van der Waals surface area contributed by atoms with Gasteiger partial charge in [-0.25, -0.2) is 4.39 Å². The molecule has 0 heterocycles. The van der Waals surface area contributed by atoms with E-state index in [0.717, 1.165) is 12.1 Å². The fraction of sp³-hybridized carbons (Fsp3) is 0. The molecule has 3 aromatic carbocycles. The van der Waals surface area contributed by atoms with Gasteiger partial charge in [0.15, 0.2) is 0 Å². The minimum Gasteiger partial charge on any atom is -0.322 e. The van der Waals surface area contributed by atoms with Gasteiger partial charge < -0.3 is 5.32 Å². The second-order valence-electron chi connectivity index (χ2n) is 6.10. The molecular weight excluding hydrogens is 432 g/mol. The quantitative estimate of drug-likeness (QED) is 0.518. The maximum Gasteiger partial charge on any atom is 0.269 e. The molecule has 0 aliphatic heterocycles. The first-order chi connectivity index (χ1) is 14.3. The van der Waals surface area contributed by atoms with Gasteiger partial charge in [0.05, 0.1) is 0 Å². The zero-order valence-corrected chi connectivity index (χ0v) is 16.7. The van der Waals surface area contributed by atoms with E-state index < -0.39 is 23.5 Å². The lowest BCUT2D eigenvalue weighted by Gasteiger charge is -2.09. The Balaban J connectivity index is 1.58. The Morgan fingerprint density at radius 3 is 1.60 bits per heavy atom. The van der Waals surface area contributed by atoms with Gasteiger partial charge in [-0.2, -0.15) is 0 Å². The summed E-state index contributed by atoms with van der Waals surface area (Å²) in [5.41, 5.74) is 5.68. The smallest absolute Gasteiger partial charge is 0.269 e.